The van der Waals surface area contributed by atoms with Crippen molar-refractivity contribution in [1.82, 2.24) is 10.2 Å². The molecule has 5 unspecified atom stereocenters. The molecule has 22 heavy (non-hydrogen) atoms. The van der Waals surface area contributed by atoms with Crippen LogP contribution in [0.3, 0.4) is 0 Å². The van der Waals surface area contributed by atoms with Gasteiger partial charge in [0.1, 0.15) is 11.5 Å². The molecule has 2 aliphatic heterocycles. The lowest BCUT2D eigenvalue weighted by molar-refractivity contribution is 0.124. The molecule has 7 heteroatoms. The number of nitrogens with one attached hydrogen (secondary N) is 1. The predicted octanol–water partition coefficient (Wildman–Crippen LogP) is 4.29. The highest BCUT2D eigenvalue weighted by molar-refractivity contribution is 14.2. The molecular weight excluding hydrogens is 494 g/mol. The van der Waals surface area contributed by atoms with E-state index >= 15 is 0 Å². The van der Waals surface area contributed by atoms with Gasteiger partial charge in [-0.15, -0.1) is 11.8 Å². The molecule has 1 aromatic carbocycles. The molecule has 0 aromatic heterocycles. The van der Waals surface area contributed by atoms with Gasteiger partial charge in [-0.2, -0.15) is 0 Å². The SMILES string of the molecule is CC(OPI)C1NC=CN1C1SC1C#Cc1ccc(Br)cc1. The van der Waals surface area contributed by atoms with Crippen LogP contribution in [0, 0.1) is 11.8 Å². The molecular formula is C15H15BrIN2OPS. The van der Waals surface area contributed by atoms with E-state index in [0.29, 0.717) is 17.1 Å². The molecule has 1 saturated heterocycles. The van der Waals surface area contributed by atoms with E-state index in [0.717, 1.165) is 10.0 Å². The molecule has 3 rings (SSSR count). The van der Waals surface area contributed by atoms with Crippen molar-refractivity contribution in [2.24, 2.45) is 0 Å². The van der Waals surface area contributed by atoms with Crippen molar-refractivity contribution < 1.29 is 4.52 Å². The zero-order chi connectivity index (χ0) is 15.5. The molecule has 0 amide bonds. The van der Waals surface area contributed by atoms with Crippen molar-refractivity contribution in [3.63, 3.8) is 0 Å². The van der Waals surface area contributed by atoms with E-state index in [4.69, 9.17) is 4.52 Å². The first-order chi connectivity index (χ1) is 10.7. The normalized spacial score (nSPS) is 27.6. The highest BCUT2D eigenvalue weighted by Gasteiger charge is 2.46. The van der Waals surface area contributed by atoms with Gasteiger partial charge in [-0.3, -0.25) is 0 Å². The quantitative estimate of drug-likeness (QED) is 0.284. The van der Waals surface area contributed by atoms with Crippen LogP contribution in [0.1, 0.15) is 12.5 Å². The van der Waals surface area contributed by atoms with Crippen molar-refractivity contribution in [3.05, 3.63) is 46.7 Å². The summed E-state index contributed by atoms with van der Waals surface area (Å²) in [5.41, 5.74) is 1.06. The first kappa shape index (κ1) is 16.9. The van der Waals surface area contributed by atoms with Crippen LogP contribution in [0.4, 0.5) is 0 Å². The Morgan fingerprint density at radius 2 is 2.23 bits per heavy atom. The van der Waals surface area contributed by atoms with Gasteiger partial charge in [-0.05, 0) is 53.2 Å². The number of benzene rings is 1. The first-order valence-corrected chi connectivity index (χ1v) is 12.6. The van der Waals surface area contributed by atoms with Gasteiger partial charge in [-0.1, -0.05) is 27.8 Å². The fourth-order valence-electron chi connectivity index (χ4n) is 2.29. The van der Waals surface area contributed by atoms with Crippen molar-refractivity contribution in [1.29, 1.82) is 0 Å². The van der Waals surface area contributed by atoms with Crippen molar-refractivity contribution in [3.8, 4) is 11.8 Å². The molecule has 5 atom stereocenters. The number of thioether (sulfide) groups is 1. The summed E-state index contributed by atoms with van der Waals surface area (Å²) in [6, 6.07) is 8.12. The van der Waals surface area contributed by atoms with Gasteiger partial charge in [0.2, 0.25) is 0 Å². The van der Waals surface area contributed by atoms with Gasteiger partial charge in [0.05, 0.1) is 17.8 Å². The molecule has 1 fully saturated rings. The van der Waals surface area contributed by atoms with Gasteiger partial charge in [0, 0.05) is 22.4 Å². The van der Waals surface area contributed by atoms with Crippen LogP contribution in [0.5, 0.6) is 0 Å². The third-order valence-corrected chi connectivity index (χ3v) is 6.38. The Balaban J connectivity index is 1.60. The van der Waals surface area contributed by atoms with E-state index in [1.54, 1.807) is 0 Å². The van der Waals surface area contributed by atoms with Crippen LogP contribution in [0.15, 0.2) is 41.1 Å². The van der Waals surface area contributed by atoms with Gasteiger partial charge >= 0.3 is 0 Å². The summed E-state index contributed by atoms with van der Waals surface area (Å²) in [7, 11) is 0. The van der Waals surface area contributed by atoms with E-state index in [2.05, 4.69) is 73.2 Å². The van der Waals surface area contributed by atoms with Crippen LogP contribution >= 0.6 is 56.2 Å². The van der Waals surface area contributed by atoms with Crippen LogP contribution in [-0.4, -0.2) is 27.8 Å². The zero-order valence-electron chi connectivity index (χ0n) is 11.8. The predicted molar refractivity (Wildman–Crippen MR) is 107 cm³/mol. The zero-order valence-corrected chi connectivity index (χ0v) is 17.4. The average molecular weight is 509 g/mol. The number of hydrogen-bond donors (Lipinski definition) is 1. The van der Waals surface area contributed by atoms with E-state index in [1.807, 2.05) is 42.2 Å². The molecule has 1 N–H and O–H groups in total. The molecule has 0 radical (unpaired) electrons. The summed E-state index contributed by atoms with van der Waals surface area (Å²) in [5, 5.41) is 4.15. The lowest BCUT2D eigenvalue weighted by atomic mass is 10.2. The second-order valence-electron chi connectivity index (χ2n) is 5.00. The Morgan fingerprint density at radius 3 is 2.95 bits per heavy atom. The Bertz CT molecular complexity index is 618. The second kappa shape index (κ2) is 7.76. The third kappa shape index (κ3) is 4.12. The topological polar surface area (TPSA) is 24.5 Å². The van der Waals surface area contributed by atoms with Crippen molar-refractivity contribution in [2.75, 3.05) is 0 Å². The Hall–Kier alpha value is 0.0700. The molecule has 0 bridgehead atoms. The smallest absolute Gasteiger partial charge is 0.126 e. The Morgan fingerprint density at radius 1 is 1.45 bits per heavy atom. The van der Waals surface area contributed by atoms with E-state index in [9.17, 15) is 0 Å². The highest BCUT2D eigenvalue weighted by Crippen LogP contribution is 2.45. The molecule has 1 aromatic rings. The molecule has 0 spiro atoms. The average Bonchev–Trinajstić information content (AvgIpc) is 3.12. The molecule has 2 aliphatic rings. The van der Waals surface area contributed by atoms with E-state index < -0.39 is 0 Å². The maximum atomic E-state index is 5.73. The van der Waals surface area contributed by atoms with Crippen LogP contribution in [0.2, 0.25) is 0 Å². The maximum absolute atomic E-state index is 5.73. The Kier molecular flexibility index (Phi) is 5.97. The van der Waals surface area contributed by atoms with Gasteiger partial charge in [0.15, 0.2) is 0 Å². The molecule has 2 heterocycles. The molecule has 0 saturated carbocycles. The van der Waals surface area contributed by atoms with Gasteiger partial charge in [0.25, 0.3) is 0 Å². The first-order valence-electron chi connectivity index (χ1n) is 6.83. The van der Waals surface area contributed by atoms with E-state index in [-0.39, 0.29) is 12.3 Å². The minimum atomic E-state index is 0.159. The number of halogens is 2. The molecule has 116 valence electrons. The van der Waals surface area contributed by atoms with Crippen molar-refractivity contribution >= 4 is 56.2 Å². The summed E-state index contributed by atoms with van der Waals surface area (Å²) in [4.78, 5) is 2.33. The summed E-state index contributed by atoms with van der Waals surface area (Å²) in [5.74, 6) is 6.63. The second-order valence-corrected chi connectivity index (χ2v) is 8.89. The monoisotopic (exact) mass is 508 g/mol. The summed E-state index contributed by atoms with van der Waals surface area (Å²) >= 11 is 7.59. The van der Waals surface area contributed by atoms with Gasteiger partial charge < -0.3 is 14.7 Å². The van der Waals surface area contributed by atoms with Crippen LogP contribution < -0.4 is 5.32 Å². The largest absolute Gasteiger partial charge is 0.368 e. The summed E-state index contributed by atoms with van der Waals surface area (Å²) in [6.45, 7) is 2.59. The summed E-state index contributed by atoms with van der Waals surface area (Å²) < 4.78 is 6.81. The lowest BCUT2D eigenvalue weighted by Gasteiger charge is -2.29. The van der Waals surface area contributed by atoms with Crippen LogP contribution in [0.25, 0.3) is 0 Å². The highest BCUT2D eigenvalue weighted by atomic mass is 127. The third-order valence-electron chi connectivity index (χ3n) is 3.48. The van der Waals surface area contributed by atoms with Crippen molar-refractivity contribution in [2.45, 2.75) is 29.8 Å². The minimum Gasteiger partial charge on any atom is -0.368 e. The summed E-state index contributed by atoms with van der Waals surface area (Å²) in [6.07, 6.45) is 4.48. The maximum Gasteiger partial charge on any atom is 0.126 e. The Labute approximate surface area is 158 Å². The standard InChI is InChI=1S/C15H15BrIN2OPS/c1-10(20-21-17)14-18-8-9-19(14)15-13(22-15)7-4-11-2-5-12(16)6-3-11/h2-3,5-6,8-10,13-15,18,21H,1H3. The fraction of sp³-hybridized carbons (Fsp3) is 0.333. The number of hydrogen-bond acceptors (Lipinski definition) is 4. The lowest BCUT2D eigenvalue weighted by Crippen LogP contribution is -2.45. The van der Waals surface area contributed by atoms with Crippen LogP contribution in [-0.2, 0) is 4.52 Å². The number of rotatable bonds is 4. The van der Waals surface area contributed by atoms with E-state index in [1.165, 1.54) is 0 Å². The van der Waals surface area contributed by atoms with Gasteiger partial charge in [-0.25, -0.2) is 0 Å². The fourth-order valence-corrected chi connectivity index (χ4v) is 4.91. The minimum absolute atomic E-state index is 0.159. The number of nitrogens with zero attached hydrogens (tertiary/aromatic N) is 1. The molecule has 3 nitrogen and oxygen atoms in total. The molecule has 0 aliphatic carbocycles.